The quantitative estimate of drug-likeness (QED) is 0.0271. The highest BCUT2D eigenvalue weighted by atomic mass is 16.6. The fourth-order valence-corrected chi connectivity index (χ4v) is 5.38. The van der Waals surface area contributed by atoms with E-state index >= 15 is 0 Å². The smallest absolute Gasteiger partial charge is 0.306 e. The van der Waals surface area contributed by atoms with Crippen molar-refractivity contribution in [2.24, 2.45) is 0 Å². The van der Waals surface area contributed by atoms with Gasteiger partial charge in [0.25, 0.3) is 0 Å². The first kappa shape index (κ1) is 51.3. The Morgan fingerprint density at radius 1 is 0.382 bits per heavy atom. The third-order valence-corrected chi connectivity index (χ3v) is 8.60. The van der Waals surface area contributed by atoms with Crippen molar-refractivity contribution in [1.29, 1.82) is 0 Å². The Kier molecular flexibility index (Phi) is 40.2. The first-order chi connectivity index (χ1) is 27.0. The van der Waals surface area contributed by atoms with Crippen molar-refractivity contribution in [3.05, 3.63) is 97.2 Å². The monoisotopic (exact) mass is 763 g/mol. The lowest BCUT2D eigenvalue weighted by Gasteiger charge is -2.18. The second-order valence-corrected chi connectivity index (χ2v) is 13.8. The second kappa shape index (κ2) is 43.1. The molecule has 0 aromatic rings. The maximum absolute atomic E-state index is 12.7. The van der Waals surface area contributed by atoms with Gasteiger partial charge in [-0.3, -0.25) is 14.4 Å². The molecule has 1 atom stereocenters. The van der Waals surface area contributed by atoms with E-state index in [2.05, 4.69) is 106 Å². The number of carbonyl (C=O) groups excluding carboxylic acids is 3. The van der Waals surface area contributed by atoms with E-state index in [0.717, 1.165) is 83.5 Å². The molecule has 0 amide bonds. The van der Waals surface area contributed by atoms with Crippen molar-refractivity contribution in [3.63, 3.8) is 0 Å². The van der Waals surface area contributed by atoms with Gasteiger partial charge in [0, 0.05) is 19.3 Å². The number of carbonyl (C=O) groups is 3. The summed E-state index contributed by atoms with van der Waals surface area (Å²) < 4.78 is 16.5. The number of allylic oxidation sites excluding steroid dienone is 16. The normalized spacial score (nSPS) is 13.0. The number of hydrogen-bond donors (Lipinski definition) is 0. The molecule has 0 saturated heterocycles. The van der Waals surface area contributed by atoms with Crippen molar-refractivity contribution in [3.8, 4) is 0 Å². The average molecular weight is 763 g/mol. The van der Waals surface area contributed by atoms with Crippen LogP contribution in [0.2, 0.25) is 0 Å². The fraction of sp³-hybridized carbons (Fsp3) is 0.612. The Balaban J connectivity index is 4.55. The van der Waals surface area contributed by atoms with Crippen LogP contribution < -0.4 is 0 Å². The van der Waals surface area contributed by atoms with Crippen LogP contribution in [-0.4, -0.2) is 37.2 Å². The lowest BCUT2D eigenvalue weighted by Crippen LogP contribution is -2.30. The van der Waals surface area contributed by atoms with Gasteiger partial charge in [-0.15, -0.1) is 0 Å². The SMILES string of the molecule is CC/C=C\C/C=C\C/C=C\C/C=C\C/C=C\CCC(=O)OCC(COC(=O)CCCCCCCCCCC)OC(=O)CCCC/C=C\C/C=C\C/C=C\CC. The molecule has 0 fully saturated rings. The predicted molar refractivity (Wildman–Crippen MR) is 233 cm³/mol. The summed E-state index contributed by atoms with van der Waals surface area (Å²) in [5.41, 5.74) is 0. The van der Waals surface area contributed by atoms with Crippen molar-refractivity contribution < 1.29 is 28.6 Å². The first-order valence-corrected chi connectivity index (χ1v) is 21.7. The molecule has 55 heavy (non-hydrogen) atoms. The van der Waals surface area contributed by atoms with Gasteiger partial charge in [0.1, 0.15) is 13.2 Å². The molecule has 0 rings (SSSR count). The molecule has 6 heteroatoms. The van der Waals surface area contributed by atoms with Crippen LogP contribution in [0.5, 0.6) is 0 Å². The van der Waals surface area contributed by atoms with Gasteiger partial charge in [-0.05, 0) is 83.5 Å². The molecular formula is C49H78O6. The van der Waals surface area contributed by atoms with Crippen LogP contribution in [-0.2, 0) is 28.6 Å². The van der Waals surface area contributed by atoms with E-state index < -0.39 is 6.10 Å². The van der Waals surface area contributed by atoms with Gasteiger partial charge in [0.05, 0.1) is 0 Å². The summed E-state index contributed by atoms with van der Waals surface area (Å²) in [4.78, 5) is 37.6. The molecule has 0 radical (unpaired) electrons. The summed E-state index contributed by atoms with van der Waals surface area (Å²) >= 11 is 0. The Morgan fingerprint density at radius 2 is 0.745 bits per heavy atom. The number of esters is 3. The van der Waals surface area contributed by atoms with Gasteiger partial charge in [0.15, 0.2) is 6.10 Å². The van der Waals surface area contributed by atoms with Crippen molar-refractivity contribution >= 4 is 17.9 Å². The van der Waals surface area contributed by atoms with E-state index in [0.29, 0.717) is 19.3 Å². The highest BCUT2D eigenvalue weighted by Crippen LogP contribution is 2.12. The summed E-state index contributed by atoms with van der Waals surface area (Å²) in [6.07, 6.45) is 55.5. The maximum atomic E-state index is 12.7. The minimum Gasteiger partial charge on any atom is -0.462 e. The van der Waals surface area contributed by atoms with Gasteiger partial charge >= 0.3 is 17.9 Å². The van der Waals surface area contributed by atoms with Crippen molar-refractivity contribution in [2.75, 3.05) is 13.2 Å². The molecule has 0 aliphatic carbocycles. The maximum Gasteiger partial charge on any atom is 0.306 e. The Morgan fingerprint density at radius 3 is 1.22 bits per heavy atom. The number of ether oxygens (including phenoxy) is 3. The molecular weight excluding hydrogens is 685 g/mol. The van der Waals surface area contributed by atoms with Crippen molar-refractivity contribution in [2.45, 2.75) is 181 Å². The van der Waals surface area contributed by atoms with E-state index in [4.69, 9.17) is 14.2 Å². The number of hydrogen-bond acceptors (Lipinski definition) is 6. The summed E-state index contributed by atoms with van der Waals surface area (Å²) in [5.74, 6) is -1.06. The molecule has 0 N–H and O–H groups in total. The van der Waals surface area contributed by atoms with Crippen LogP contribution >= 0.6 is 0 Å². The molecule has 0 aromatic carbocycles. The molecule has 310 valence electrons. The molecule has 1 unspecified atom stereocenters. The summed E-state index contributed by atoms with van der Waals surface area (Å²) in [7, 11) is 0. The zero-order valence-electron chi connectivity index (χ0n) is 35.1. The summed E-state index contributed by atoms with van der Waals surface area (Å²) in [6.45, 7) is 6.25. The van der Waals surface area contributed by atoms with Gasteiger partial charge in [-0.1, -0.05) is 169 Å². The minimum atomic E-state index is -0.823. The zero-order chi connectivity index (χ0) is 40.1. The molecule has 0 aliphatic rings. The average Bonchev–Trinajstić information content (AvgIpc) is 3.18. The Labute approximate surface area is 337 Å². The first-order valence-electron chi connectivity index (χ1n) is 21.7. The van der Waals surface area contributed by atoms with Crippen LogP contribution in [0.15, 0.2) is 97.2 Å². The molecule has 0 aliphatic heterocycles. The highest BCUT2D eigenvalue weighted by Gasteiger charge is 2.19. The van der Waals surface area contributed by atoms with Crippen LogP contribution in [0.1, 0.15) is 175 Å². The van der Waals surface area contributed by atoms with Crippen LogP contribution in [0.3, 0.4) is 0 Å². The number of unbranched alkanes of at least 4 members (excludes halogenated alkanes) is 10. The third-order valence-electron chi connectivity index (χ3n) is 8.60. The zero-order valence-corrected chi connectivity index (χ0v) is 35.1. The lowest BCUT2D eigenvalue weighted by atomic mass is 10.1. The van der Waals surface area contributed by atoms with Gasteiger partial charge in [-0.25, -0.2) is 0 Å². The molecule has 0 bridgehead atoms. The van der Waals surface area contributed by atoms with E-state index in [1.54, 1.807) is 0 Å². The second-order valence-electron chi connectivity index (χ2n) is 13.8. The topological polar surface area (TPSA) is 78.9 Å². The Hall–Kier alpha value is -3.67. The lowest BCUT2D eigenvalue weighted by molar-refractivity contribution is -0.166. The van der Waals surface area contributed by atoms with Gasteiger partial charge < -0.3 is 14.2 Å². The summed E-state index contributed by atoms with van der Waals surface area (Å²) in [6, 6.07) is 0. The predicted octanol–water partition coefficient (Wildman–Crippen LogP) is 13.9. The van der Waals surface area contributed by atoms with Gasteiger partial charge in [0.2, 0.25) is 0 Å². The highest BCUT2D eigenvalue weighted by molar-refractivity contribution is 5.71. The fourth-order valence-electron chi connectivity index (χ4n) is 5.38. The van der Waals surface area contributed by atoms with E-state index in [-0.39, 0.29) is 44.0 Å². The van der Waals surface area contributed by atoms with E-state index in [9.17, 15) is 14.4 Å². The Bertz CT molecular complexity index is 1150. The molecule has 0 aromatic heterocycles. The molecule has 0 saturated carbocycles. The largest absolute Gasteiger partial charge is 0.462 e. The summed E-state index contributed by atoms with van der Waals surface area (Å²) in [5, 5.41) is 0. The third kappa shape index (κ3) is 41.3. The van der Waals surface area contributed by atoms with Crippen LogP contribution in [0.25, 0.3) is 0 Å². The minimum absolute atomic E-state index is 0.117. The van der Waals surface area contributed by atoms with E-state index in [1.807, 2.05) is 12.2 Å². The van der Waals surface area contributed by atoms with E-state index in [1.165, 1.54) is 38.5 Å². The van der Waals surface area contributed by atoms with Crippen molar-refractivity contribution in [1.82, 2.24) is 0 Å². The van der Waals surface area contributed by atoms with Crippen LogP contribution in [0, 0.1) is 0 Å². The molecule has 6 nitrogen and oxygen atoms in total. The molecule has 0 heterocycles. The van der Waals surface area contributed by atoms with Crippen LogP contribution in [0.4, 0.5) is 0 Å². The number of rotatable bonds is 37. The standard InChI is InChI=1S/C49H78O6/c1-4-7-10-13-16-19-21-23-24-25-26-28-30-33-36-39-42-48(51)54-45-46(44-53-47(50)41-38-35-32-29-18-15-12-9-6-3)55-49(52)43-40-37-34-31-27-22-20-17-14-11-8-5-2/h7-8,10-11,16-17,19-20,23-24,26-28,31,33,36,46H,4-6,9,12-15,18,21-22,25,29-30,32,34-35,37-45H2,1-3H3/b10-7-,11-8-,19-16-,20-17-,24-23-,28-26-,31-27-,36-33-. The van der Waals surface area contributed by atoms with Gasteiger partial charge in [-0.2, -0.15) is 0 Å². The molecule has 0 spiro atoms.